The van der Waals surface area contributed by atoms with Crippen LogP contribution in [0.5, 0.6) is 0 Å². The highest BCUT2D eigenvalue weighted by Gasteiger charge is 2.23. The van der Waals surface area contributed by atoms with E-state index in [2.05, 4.69) is 16.8 Å². The van der Waals surface area contributed by atoms with Crippen molar-refractivity contribution in [3.63, 3.8) is 0 Å². The zero-order valence-corrected chi connectivity index (χ0v) is 11.3. The molecular weight excluding hydrogens is 246 g/mol. The van der Waals surface area contributed by atoms with Gasteiger partial charge in [-0.2, -0.15) is 0 Å². The van der Waals surface area contributed by atoms with Crippen molar-refractivity contribution in [3.8, 4) is 0 Å². The molecule has 1 aliphatic rings. The van der Waals surface area contributed by atoms with Crippen molar-refractivity contribution in [2.24, 2.45) is 0 Å². The van der Waals surface area contributed by atoms with Crippen LogP contribution in [0.4, 0.5) is 5.82 Å². The zero-order valence-electron chi connectivity index (χ0n) is 10.5. The van der Waals surface area contributed by atoms with Gasteiger partial charge in [0.05, 0.1) is 0 Å². The SMILES string of the molecule is CC1CCCCCN1c1nc2sccn2c1C=O. The van der Waals surface area contributed by atoms with Gasteiger partial charge in [-0.25, -0.2) is 4.98 Å². The van der Waals surface area contributed by atoms with Crippen LogP contribution < -0.4 is 4.90 Å². The molecule has 2 aromatic rings. The Morgan fingerprint density at radius 1 is 1.44 bits per heavy atom. The van der Waals surface area contributed by atoms with Crippen molar-refractivity contribution in [2.75, 3.05) is 11.4 Å². The van der Waals surface area contributed by atoms with Gasteiger partial charge in [0.2, 0.25) is 0 Å². The Morgan fingerprint density at radius 2 is 2.33 bits per heavy atom. The fourth-order valence-electron chi connectivity index (χ4n) is 2.70. The van der Waals surface area contributed by atoms with Crippen molar-refractivity contribution in [2.45, 2.75) is 38.6 Å². The molecule has 0 aromatic carbocycles. The Labute approximate surface area is 110 Å². The smallest absolute Gasteiger partial charge is 0.196 e. The first-order valence-corrected chi connectivity index (χ1v) is 7.36. The third-order valence-corrected chi connectivity index (χ3v) is 4.47. The summed E-state index contributed by atoms with van der Waals surface area (Å²) < 4.78 is 1.89. The summed E-state index contributed by atoms with van der Waals surface area (Å²) in [7, 11) is 0. The molecule has 3 rings (SSSR count). The van der Waals surface area contributed by atoms with E-state index in [9.17, 15) is 4.79 Å². The minimum absolute atomic E-state index is 0.468. The lowest BCUT2D eigenvalue weighted by Gasteiger charge is -2.27. The van der Waals surface area contributed by atoms with Gasteiger partial charge in [-0.3, -0.25) is 9.20 Å². The third-order valence-electron chi connectivity index (χ3n) is 3.72. The highest BCUT2D eigenvalue weighted by Crippen LogP contribution is 2.28. The predicted molar refractivity (Wildman–Crippen MR) is 73.7 cm³/mol. The summed E-state index contributed by atoms with van der Waals surface area (Å²) in [5, 5.41) is 1.96. The van der Waals surface area contributed by atoms with Crippen LogP contribution in [-0.4, -0.2) is 28.3 Å². The maximum absolute atomic E-state index is 11.4. The van der Waals surface area contributed by atoms with Crippen LogP contribution in [-0.2, 0) is 0 Å². The lowest BCUT2D eigenvalue weighted by atomic mass is 10.1. The van der Waals surface area contributed by atoms with Crippen LogP contribution in [0.25, 0.3) is 4.96 Å². The van der Waals surface area contributed by atoms with Gasteiger partial charge in [-0.05, 0) is 19.8 Å². The molecule has 0 aliphatic carbocycles. The molecule has 1 saturated heterocycles. The molecule has 1 aliphatic heterocycles. The van der Waals surface area contributed by atoms with Gasteiger partial charge in [0.1, 0.15) is 5.69 Å². The van der Waals surface area contributed by atoms with E-state index in [1.54, 1.807) is 11.3 Å². The lowest BCUT2D eigenvalue weighted by molar-refractivity contribution is 0.111. The number of thiazole rings is 1. The number of carbonyl (C=O) groups is 1. The number of hydrogen-bond donors (Lipinski definition) is 0. The summed E-state index contributed by atoms with van der Waals surface area (Å²) in [6.45, 7) is 3.24. The third kappa shape index (κ3) is 1.82. The fourth-order valence-corrected chi connectivity index (χ4v) is 3.42. The molecule has 4 nitrogen and oxygen atoms in total. The Kier molecular flexibility index (Phi) is 3.07. The van der Waals surface area contributed by atoms with Crippen molar-refractivity contribution in [1.82, 2.24) is 9.38 Å². The first-order chi connectivity index (χ1) is 8.81. The molecule has 18 heavy (non-hydrogen) atoms. The van der Waals surface area contributed by atoms with Crippen LogP contribution in [0, 0.1) is 0 Å². The average Bonchev–Trinajstić information content (AvgIpc) is 2.86. The molecule has 1 atom stereocenters. The van der Waals surface area contributed by atoms with Crippen LogP contribution in [0.1, 0.15) is 43.1 Å². The number of fused-ring (bicyclic) bond motifs is 1. The monoisotopic (exact) mass is 263 g/mol. The number of aldehydes is 1. The second-order valence-corrected chi connectivity index (χ2v) is 5.76. The number of hydrogen-bond acceptors (Lipinski definition) is 4. The van der Waals surface area contributed by atoms with E-state index in [-0.39, 0.29) is 0 Å². The van der Waals surface area contributed by atoms with Crippen molar-refractivity contribution in [3.05, 3.63) is 17.3 Å². The van der Waals surface area contributed by atoms with E-state index in [4.69, 9.17) is 0 Å². The van der Waals surface area contributed by atoms with E-state index in [1.807, 2.05) is 16.0 Å². The molecule has 0 radical (unpaired) electrons. The Morgan fingerprint density at radius 3 is 3.17 bits per heavy atom. The topological polar surface area (TPSA) is 37.6 Å². The van der Waals surface area contributed by atoms with E-state index in [0.29, 0.717) is 11.7 Å². The molecule has 0 amide bonds. The van der Waals surface area contributed by atoms with Crippen molar-refractivity contribution >= 4 is 28.4 Å². The molecule has 0 spiro atoms. The second-order valence-electron chi connectivity index (χ2n) is 4.89. The molecule has 96 valence electrons. The minimum atomic E-state index is 0.468. The van der Waals surface area contributed by atoms with Gasteiger partial charge < -0.3 is 4.90 Å². The largest absolute Gasteiger partial charge is 0.352 e. The van der Waals surface area contributed by atoms with Gasteiger partial charge in [0, 0.05) is 24.2 Å². The summed E-state index contributed by atoms with van der Waals surface area (Å²) in [6, 6.07) is 0.468. The minimum Gasteiger partial charge on any atom is -0.352 e. The van der Waals surface area contributed by atoms with E-state index in [1.165, 1.54) is 25.7 Å². The van der Waals surface area contributed by atoms with E-state index < -0.39 is 0 Å². The summed E-state index contributed by atoms with van der Waals surface area (Å²) in [6.07, 6.45) is 7.77. The first kappa shape index (κ1) is 11.7. The second kappa shape index (κ2) is 4.72. The molecule has 1 fully saturated rings. The molecular formula is C13H17N3OS. The maximum atomic E-state index is 11.4. The molecule has 3 heterocycles. The van der Waals surface area contributed by atoms with Crippen LogP contribution in [0.2, 0.25) is 0 Å². The molecule has 0 saturated carbocycles. The van der Waals surface area contributed by atoms with Gasteiger partial charge in [-0.15, -0.1) is 11.3 Å². The summed E-state index contributed by atoms with van der Waals surface area (Å²) >= 11 is 1.57. The van der Waals surface area contributed by atoms with Crippen molar-refractivity contribution in [1.29, 1.82) is 0 Å². The quantitative estimate of drug-likeness (QED) is 0.782. The summed E-state index contributed by atoms with van der Waals surface area (Å²) in [5.74, 6) is 0.867. The molecule has 0 bridgehead atoms. The van der Waals surface area contributed by atoms with Crippen LogP contribution in [0.3, 0.4) is 0 Å². The number of aromatic nitrogens is 2. The zero-order chi connectivity index (χ0) is 12.5. The molecule has 0 N–H and O–H groups in total. The molecule has 2 aromatic heterocycles. The van der Waals surface area contributed by atoms with E-state index in [0.717, 1.165) is 23.6 Å². The highest BCUT2D eigenvalue weighted by molar-refractivity contribution is 7.15. The standard InChI is InChI=1S/C13H17N3OS/c1-10-5-3-2-4-6-15(10)12-11(9-17)16-7-8-18-13(16)14-12/h7-10H,2-6H2,1H3. The fraction of sp³-hybridized carbons (Fsp3) is 0.538. The Bertz CT molecular complexity index is 560. The van der Waals surface area contributed by atoms with Gasteiger partial charge in [0.15, 0.2) is 17.1 Å². The van der Waals surface area contributed by atoms with Crippen LogP contribution >= 0.6 is 11.3 Å². The normalized spacial score (nSPS) is 21.2. The average molecular weight is 263 g/mol. The Hall–Kier alpha value is -1.36. The number of carbonyl (C=O) groups excluding carboxylic acids is 1. The number of rotatable bonds is 2. The lowest BCUT2D eigenvalue weighted by Crippen LogP contribution is -2.33. The number of nitrogens with zero attached hydrogens (tertiary/aromatic N) is 3. The predicted octanol–water partition coefficient (Wildman–Crippen LogP) is 2.98. The van der Waals surface area contributed by atoms with Crippen molar-refractivity contribution < 1.29 is 4.79 Å². The summed E-state index contributed by atoms with van der Waals surface area (Å²) in [5.41, 5.74) is 0.694. The maximum Gasteiger partial charge on any atom is 0.196 e. The highest BCUT2D eigenvalue weighted by atomic mass is 32.1. The first-order valence-electron chi connectivity index (χ1n) is 6.48. The number of imidazole rings is 1. The molecule has 1 unspecified atom stereocenters. The van der Waals surface area contributed by atoms with E-state index >= 15 is 0 Å². The van der Waals surface area contributed by atoms with Gasteiger partial charge >= 0.3 is 0 Å². The molecule has 5 heteroatoms. The van der Waals surface area contributed by atoms with Gasteiger partial charge in [-0.1, -0.05) is 12.8 Å². The summed E-state index contributed by atoms with van der Waals surface area (Å²) in [4.78, 5) is 19.2. The Balaban J connectivity index is 2.06. The number of anilines is 1. The van der Waals surface area contributed by atoms with Gasteiger partial charge in [0.25, 0.3) is 0 Å². The van der Waals surface area contributed by atoms with Crippen LogP contribution in [0.15, 0.2) is 11.6 Å².